The normalized spacial score (nSPS) is 26.4. The van der Waals surface area contributed by atoms with Crippen molar-refractivity contribution in [3.8, 4) is 0 Å². The lowest BCUT2D eigenvalue weighted by molar-refractivity contribution is -0.141. The largest absolute Gasteiger partial charge is 0.472 e. The Morgan fingerprint density at radius 3 is 2.80 bits per heavy atom. The summed E-state index contributed by atoms with van der Waals surface area (Å²) in [4.78, 5) is 28.7. The molecule has 1 aromatic rings. The first-order chi connectivity index (χ1) is 12.2. The Balaban J connectivity index is 1.36. The van der Waals surface area contributed by atoms with Crippen molar-refractivity contribution >= 4 is 11.8 Å². The number of hydrogen-bond donors (Lipinski definition) is 0. The highest BCUT2D eigenvalue weighted by atomic mass is 16.5. The summed E-state index contributed by atoms with van der Waals surface area (Å²) in [6, 6.07) is 1.72. The van der Waals surface area contributed by atoms with Crippen LogP contribution in [-0.2, 0) is 9.53 Å². The molecule has 0 aromatic carbocycles. The van der Waals surface area contributed by atoms with Gasteiger partial charge in [0.1, 0.15) is 6.26 Å². The van der Waals surface area contributed by atoms with Crippen molar-refractivity contribution in [3.05, 3.63) is 24.2 Å². The van der Waals surface area contributed by atoms with E-state index < -0.39 is 0 Å². The average Bonchev–Trinajstić information content (AvgIpc) is 3.32. The van der Waals surface area contributed by atoms with E-state index in [1.54, 1.807) is 6.07 Å². The third-order valence-corrected chi connectivity index (χ3v) is 6.08. The van der Waals surface area contributed by atoms with Crippen molar-refractivity contribution in [3.63, 3.8) is 0 Å². The van der Waals surface area contributed by atoms with E-state index in [0.29, 0.717) is 12.0 Å². The maximum absolute atomic E-state index is 12.5. The van der Waals surface area contributed by atoms with Gasteiger partial charge in [-0.25, -0.2) is 0 Å². The number of ether oxygens (including phenoxy) is 1. The monoisotopic (exact) mass is 346 g/mol. The summed E-state index contributed by atoms with van der Waals surface area (Å²) in [7, 11) is 0. The third-order valence-electron chi connectivity index (χ3n) is 6.08. The standard InChI is InChI=1S/C19H26N2O4/c22-17-3-5-19(14-21(17)12-16-2-1-10-25-16)6-8-20(9-7-19)18(23)15-4-11-24-13-15/h4,11,13,16H,1-3,5-10,12,14H2/t16-/m1/s1. The Hall–Kier alpha value is -1.82. The summed E-state index contributed by atoms with van der Waals surface area (Å²) in [5.41, 5.74) is 0.787. The van der Waals surface area contributed by atoms with E-state index in [1.165, 1.54) is 12.5 Å². The molecule has 4 rings (SSSR count). The molecular weight excluding hydrogens is 320 g/mol. The van der Waals surface area contributed by atoms with Crippen molar-refractivity contribution < 1.29 is 18.7 Å². The molecule has 0 unspecified atom stereocenters. The summed E-state index contributed by atoms with van der Waals surface area (Å²) in [6.45, 7) is 3.89. The van der Waals surface area contributed by atoms with Crippen LogP contribution < -0.4 is 0 Å². The zero-order valence-corrected chi connectivity index (χ0v) is 14.6. The number of piperidine rings is 2. The summed E-state index contributed by atoms with van der Waals surface area (Å²) in [5, 5.41) is 0. The van der Waals surface area contributed by atoms with Gasteiger partial charge in [0.25, 0.3) is 5.91 Å². The molecule has 0 bridgehead atoms. The van der Waals surface area contributed by atoms with Crippen LogP contribution in [0.4, 0.5) is 0 Å². The molecule has 3 saturated heterocycles. The van der Waals surface area contributed by atoms with Gasteiger partial charge >= 0.3 is 0 Å². The number of carbonyl (C=O) groups excluding carboxylic acids is 2. The fourth-order valence-corrected chi connectivity index (χ4v) is 4.46. The fourth-order valence-electron chi connectivity index (χ4n) is 4.46. The molecule has 1 spiro atoms. The van der Waals surface area contributed by atoms with Gasteiger partial charge in [-0.2, -0.15) is 0 Å². The number of likely N-dealkylation sites (tertiary alicyclic amines) is 2. The minimum Gasteiger partial charge on any atom is -0.472 e. The predicted molar refractivity (Wildman–Crippen MR) is 91.1 cm³/mol. The SMILES string of the molecule is O=C1CCC2(CCN(C(=O)c3ccoc3)CC2)CN1C[C@H]1CCCO1. The maximum Gasteiger partial charge on any atom is 0.257 e. The Kier molecular flexibility index (Phi) is 4.54. The highest BCUT2D eigenvalue weighted by molar-refractivity contribution is 5.93. The van der Waals surface area contributed by atoms with Gasteiger partial charge in [-0.3, -0.25) is 9.59 Å². The first kappa shape index (κ1) is 16.6. The van der Waals surface area contributed by atoms with Crippen LogP contribution in [0.25, 0.3) is 0 Å². The number of furan rings is 1. The van der Waals surface area contributed by atoms with Crippen LogP contribution >= 0.6 is 0 Å². The second-order valence-electron chi connectivity index (χ2n) is 7.71. The molecule has 1 aromatic heterocycles. The van der Waals surface area contributed by atoms with Gasteiger partial charge in [-0.05, 0) is 43.6 Å². The highest BCUT2D eigenvalue weighted by Gasteiger charge is 2.42. The van der Waals surface area contributed by atoms with E-state index in [-0.39, 0.29) is 23.3 Å². The Bertz CT molecular complexity index is 613. The maximum atomic E-state index is 12.5. The molecule has 0 radical (unpaired) electrons. The number of hydrogen-bond acceptors (Lipinski definition) is 4. The fraction of sp³-hybridized carbons (Fsp3) is 0.684. The van der Waals surface area contributed by atoms with Crippen LogP contribution in [0.2, 0.25) is 0 Å². The smallest absolute Gasteiger partial charge is 0.257 e. The summed E-state index contributed by atoms with van der Waals surface area (Å²) < 4.78 is 10.7. The van der Waals surface area contributed by atoms with Crippen molar-refractivity contribution in [2.75, 3.05) is 32.8 Å². The van der Waals surface area contributed by atoms with Crippen LogP contribution in [0.1, 0.15) is 48.9 Å². The van der Waals surface area contributed by atoms with Crippen LogP contribution in [0.5, 0.6) is 0 Å². The van der Waals surface area contributed by atoms with Crippen molar-refractivity contribution in [2.24, 2.45) is 5.41 Å². The molecule has 3 aliphatic rings. The molecule has 6 heteroatoms. The zero-order chi connectivity index (χ0) is 17.3. The van der Waals surface area contributed by atoms with Crippen LogP contribution in [0.3, 0.4) is 0 Å². The molecule has 4 heterocycles. The molecule has 136 valence electrons. The van der Waals surface area contributed by atoms with Gasteiger partial charge in [0.15, 0.2) is 0 Å². The van der Waals surface area contributed by atoms with E-state index in [2.05, 4.69) is 0 Å². The van der Waals surface area contributed by atoms with E-state index in [9.17, 15) is 9.59 Å². The summed E-state index contributed by atoms with van der Waals surface area (Å²) in [6.07, 6.45) is 8.92. The second-order valence-corrected chi connectivity index (χ2v) is 7.71. The van der Waals surface area contributed by atoms with Gasteiger partial charge in [0.05, 0.1) is 17.9 Å². The average molecular weight is 346 g/mol. The second kappa shape index (κ2) is 6.83. The molecule has 3 fully saturated rings. The van der Waals surface area contributed by atoms with Gasteiger partial charge in [-0.1, -0.05) is 0 Å². The first-order valence-corrected chi connectivity index (χ1v) is 9.36. The summed E-state index contributed by atoms with van der Waals surface area (Å²) >= 11 is 0. The van der Waals surface area contributed by atoms with Crippen LogP contribution in [-0.4, -0.2) is 60.5 Å². The molecule has 0 N–H and O–H groups in total. The molecule has 3 aliphatic heterocycles. The molecule has 2 amide bonds. The number of rotatable bonds is 3. The van der Waals surface area contributed by atoms with Gasteiger partial charge < -0.3 is 19.0 Å². The molecular formula is C19H26N2O4. The quantitative estimate of drug-likeness (QED) is 0.842. The van der Waals surface area contributed by atoms with E-state index in [4.69, 9.17) is 9.15 Å². The van der Waals surface area contributed by atoms with E-state index in [1.807, 2.05) is 9.80 Å². The minimum atomic E-state index is 0.0479. The van der Waals surface area contributed by atoms with Crippen molar-refractivity contribution in [1.82, 2.24) is 9.80 Å². The Labute approximate surface area is 148 Å². The van der Waals surface area contributed by atoms with Gasteiger partial charge in [0.2, 0.25) is 5.91 Å². The predicted octanol–water partition coefficient (Wildman–Crippen LogP) is 2.30. The van der Waals surface area contributed by atoms with E-state index in [0.717, 1.165) is 64.9 Å². The molecule has 1 atom stereocenters. The minimum absolute atomic E-state index is 0.0479. The molecule has 6 nitrogen and oxygen atoms in total. The highest BCUT2D eigenvalue weighted by Crippen LogP contribution is 2.40. The Morgan fingerprint density at radius 2 is 2.12 bits per heavy atom. The molecule has 25 heavy (non-hydrogen) atoms. The van der Waals surface area contributed by atoms with Crippen LogP contribution in [0, 0.1) is 5.41 Å². The van der Waals surface area contributed by atoms with Crippen LogP contribution in [0.15, 0.2) is 23.0 Å². The number of nitrogens with zero attached hydrogens (tertiary/aromatic N) is 2. The first-order valence-electron chi connectivity index (χ1n) is 9.36. The molecule has 0 aliphatic carbocycles. The van der Waals surface area contributed by atoms with Crippen molar-refractivity contribution in [2.45, 2.75) is 44.6 Å². The number of carbonyl (C=O) groups is 2. The van der Waals surface area contributed by atoms with Crippen molar-refractivity contribution in [1.29, 1.82) is 0 Å². The third kappa shape index (κ3) is 3.45. The molecule has 0 saturated carbocycles. The number of amides is 2. The van der Waals surface area contributed by atoms with Gasteiger partial charge in [0, 0.05) is 39.2 Å². The lowest BCUT2D eigenvalue weighted by atomic mass is 9.72. The summed E-state index contributed by atoms with van der Waals surface area (Å²) in [5.74, 6) is 0.310. The van der Waals surface area contributed by atoms with E-state index >= 15 is 0 Å². The Morgan fingerprint density at radius 1 is 1.28 bits per heavy atom. The zero-order valence-electron chi connectivity index (χ0n) is 14.6. The lowest BCUT2D eigenvalue weighted by Gasteiger charge is -2.47. The topological polar surface area (TPSA) is 63.0 Å². The van der Waals surface area contributed by atoms with Gasteiger partial charge in [-0.15, -0.1) is 0 Å². The lowest BCUT2D eigenvalue weighted by Crippen LogP contribution is -2.53.